The van der Waals surface area contributed by atoms with Crippen molar-refractivity contribution in [1.29, 1.82) is 0 Å². The lowest BCUT2D eigenvalue weighted by molar-refractivity contribution is -0.151. The summed E-state index contributed by atoms with van der Waals surface area (Å²) in [5, 5.41) is 2.55. The van der Waals surface area contributed by atoms with Crippen LogP contribution in [0.15, 0.2) is 54.7 Å². The van der Waals surface area contributed by atoms with Crippen LogP contribution in [0.2, 0.25) is 0 Å². The summed E-state index contributed by atoms with van der Waals surface area (Å²) in [6.45, 7) is 1.45. The van der Waals surface area contributed by atoms with Gasteiger partial charge in [-0.1, -0.05) is 18.2 Å². The van der Waals surface area contributed by atoms with Gasteiger partial charge in [0.25, 0.3) is 5.91 Å². The molecule has 2 aliphatic carbocycles. The fraction of sp³-hybridized carbons (Fsp3) is 0.333. The number of hydrogen-bond acceptors (Lipinski definition) is 7. The molecule has 1 heterocycles. The molecule has 2 aliphatic rings. The van der Waals surface area contributed by atoms with Crippen molar-refractivity contribution in [3.8, 4) is 11.5 Å². The van der Waals surface area contributed by atoms with Crippen LogP contribution in [0.5, 0.6) is 11.5 Å². The first kappa shape index (κ1) is 27.2. The van der Waals surface area contributed by atoms with Gasteiger partial charge in [-0.25, -0.2) is 18.6 Å². The fourth-order valence-corrected chi connectivity index (χ4v) is 4.90. The molecule has 1 N–H and O–H groups in total. The molecular formula is C30H28F2N2O6. The summed E-state index contributed by atoms with van der Waals surface area (Å²) in [5.41, 5.74) is 1.96. The molecule has 3 aromatic rings. The van der Waals surface area contributed by atoms with Gasteiger partial charge in [-0.3, -0.25) is 9.59 Å². The summed E-state index contributed by atoms with van der Waals surface area (Å²) in [5.74, 6) is -2.95. The Hall–Kier alpha value is -4.34. The standard InChI is InChI=1S/C30H28F2N2O6/c1-16(34-29(36)27-28(23(38-2)11-12-33-27)40-25(35)13-17-3-4-17)30(37)39-24-15-19-14-21(32)9-10-22(19)26(24)18-5-7-20(31)8-6-18/h5-12,14,16-17,24,26H,3-4,13,15H2,1-2H3,(H,34,36)/t16-,24?,26?/m0/s1. The number of aromatic nitrogens is 1. The van der Waals surface area contributed by atoms with Crippen LogP contribution >= 0.6 is 0 Å². The molecule has 208 valence electrons. The highest BCUT2D eigenvalue weighted by Gasteiger charge is 2.38. The van der Waals surface area contributed by atoms with Crippen molar-refractivity contribution in [2.75, 3.05) is 7.11 Å². The Bertz CT molecular complexity index is 1440. The number of pyridine rings is 1. The molecule has 0 bridgehead atoms. The normalized spacial score (nSPS) is 18.4. The molecule has 1 aromatic heterocycles. The Kier molecular flexibility index (Phi) is 7.77. The van der Waals surface area contributed by atoms with Crippen LogP contribution < -0.4 is 14.8 Å². The Morgan fingerprint density at radius 3 is 2.48 bits per heavy atom. The van der Waals surface area contributed by atoms with Gasteiger partial charge >= 0.3 is 11.9 Å². The topological polar surface area (TPSA) is 104 Å². The second-order valence-electron chi connectivity index (χ2n) is 10.1. The minimum Gasteiger partial charge on any atom is -0.493 e. The van der Waals surface area contributed by atoms with Gasteiger partial charge in [-0.05, 0) is 66.6 Å². The third-order valence-corrected chi connectivity index (χ3v) is 7.10. The van der Waals surface area contributed by atoms with Crippen molar-refractivity contribution in [2.24, 2.45) is 5.92 Å². The van der Waals surface area contributed by atoms with Gasteiger partial charge in [-0.15, -0.1) is 0 Å². The molecule has 1 amide bonds. The summed E-state index contributed by atoms with van der Waals surface area (Å²) in [6.07, 6.45) is 3.01. The number of rotatable bonds is 9. The molecule has 3 atom stereocenters. The first-order chi connectivity index (χ1) is 19.2. The minimum atomic E-state index is -1.11. The Labute approximate surface area is 229 Å². The quantitative estimate of drug-likeness (QED) is 0.392. The number of esters is 2. The Morgan fingerprint density at radius 1 is 1.05 bits per heavy atom. The lowest BCUT2D eigenvalue weighted by atomic mass is 9.91. The molecule has 10 heteroatoms. The van der Waals surface area contributed by atoms with Gasteiger partial charge in [0.1, 0.15) is 23.8 Å². The lowest BCUT2D eigenvalue weighted by Gasteiger charge is -2.23. The maximum atomic E-state index is 13.9. The second-order valence-corrected chi connectivity index (χ2v) is 10.1. The lowest BCUT2D eigenvalue weighted by Crippen LogP contribution is -2.42. The zero-order chi connectivity index (χ0) is 28.4. The predicted molar refractivity (Wildman–Crippen MR) is 139 cm³/mol. The van der Waals surface area contributed by atoms with Crippen molar-refractivity contribution in [1.82, 2.24) is 10.3 Å². The average molecular weight is 551 g/mol. The molecule has 0 saturated heterocycles. The molecular weight excluding hydrogens is 522 g/mol. The molecule has 40 heavy (non-hydrogen) atoms. The van der Waals surface area contributed by atoms with Gasteiger partial charge in [0.2, 0.25) is 5.75 Å². The van der Waals surface area contributed by atoms with Gasteiger partial charge < -0.3 is 19.5 Å². The van der Waals surface area contributed by atoms with Crippen molar-refractivity contribution in [2.45, 2.75) is 50.7 Å². The first-order valence-electron chi connectivity index (χ1n) is 13.0. The highest BCUT2D eigenvalue weighted by atomic mass is 19.1. The summed E-state index contributed by atoms with van der Waals surface area (Å²) in [7, 11) is 1.37. The monoisotopic (exact) mass is 550 g/mol. The van der Waals surface area contributed by atoms with Crippen LogP contribution in [0.25, 0.3) is 0 Å². The van der Waals surface area contributed by atoms with E-state index < -0.39 is 47.5 Å². The molecule has 1 saturated carbocycles. The number of methoxy groups -OCH3 is 1. The summed E-state index contributed by atoms with van der Waals surface area (Å²) in [4.78, 5) is 42.7. The molecule has 1 fully saturated rings. The molecule has 2 aromatic carbocycles. The van der Waals surface area contributed by atoms with E-state index in [-0.39, 0.29) is 36.0 Å². The van der Waals surface area contributed by atoms with Gasteiger partial charge in [0.05, 0.1) is 7.11 Å². The van der Waals surface area contributed by atoms with E-state index in [0.29, 0.717) is 11.1 Å². The number of carbonyl (C=O) groups is 3. The third-order valence-electron chi connectivity index (χ3n) is 7.10. The summed E-state index contributed by atoms with van der Waals surface area (Å²) in [6, 6.07) is 10.6. The van der Waals surface area contributed by atoms with E-state index in [9.17, 15) is 23.2 Å². The maximum Gasteiger partial charge on any atom is 0.328 e. The van der Waals surface area contributed by atoms with Gasteiger partial charge in [0.15, 0.2) is 11.4 Å². The van der Waals surface area contributed by atoms with Crippen LogP contribution in [0, 0.1) is 17.6 Å². The fourth-order valence-electron chi connectivity index (χ4n) is 4.90. The number of hydrogen-bond donors (Lipinski definition) is 1. The molecule has 0 radical (unpaired) electrons. The number of ether oxygens (including phenoxy) is 3. The van der Waals surface area contributed by atoms with Crippen molar-refractivity contribution >= 4 is 17.8 Å². The zero-order valence-corrected chi connectivity index (χ0v) is 22.0. The highest BCUT2D eigenvalue weighted by molar-refractivity contribution is 5.98. The Balaban J connectivity index is 1.31. The van der Waals surface area contributed by atoms with Gasteiger partial charge in [-0.2, -0.15) is 0 Å². The number of benzene rings is 2. The zero-order valence-electron chi connectivity index (χ0n) is 22.0. The number of nitrogens with one attached hydrogen (secondary N) is 1. The third kappa shape index (κ3) is 5.95. The van der Waals surface area contributed by atoms with Crippen molar-refractivity contribution in [3.05, 3.63) is 88.7 Å². The van der Waals surface area contributed by atoms with Crippen LogP contribution in [0.1, 0.15) is 59.3 Å². The van der Waals surface area contributed by atoms with E-state index in [0.717, 1.165) is 18.4 Å². The SMILES string of the molecule is COc1ccnc(C(=O)N[C@@H](C)C(=O)OC2Cc3cc(F)ccc3C2c2ccc(F)cc2)c1OC(=O)CC1CC1. The van der Waals surface area contributed by atoms with Crippen molar-refractivity contribution in [3.63, 3.8) is 0 Å². The smallest absolute Gasteiger partial charge is 0.328 e. The van der Waals surface area contributed by atoms with Crippen molar-refractivity contribution < 1.29 is 37.4 Å². The van der Waals surface area contributed by atoms with E-state index >= 15 is 0 Å². The number of halogens is 2. The molecule has 2 unspecified atom stereocenters. The highest BCUT2D eigenvalue weighted by Crippen LogP contribution is 2.40. The largest absolute Gasteiger partial charge is 0.493 e. The second kappa shape index (κ2) is 11.4. The number of carbonyl (C=O) groups excluding carboxylic acids is 3. The first-order valence-corrected chi connectivity index (χ1v) is 13.0. The van der Waals surface area contributed by atoms with Crippen LogP contribution in [0.4, 0.5) is 8.78 Å². The van der Waals surface area contributed by atoms with Crippen LogP contribution in [-0.4, -0.2) is 42.1 Å². The van der Waals surface area contributed by atoms with E-state index in [1.165, 1.54) is 50.6 Å². The average Bonchev–Trinajstić information content (AvgIpc) is 3.67. The summed E-state index contributed by atoms with van der Waals surface area (Å²) >= 11 is 0. The van der Waals surface area contributed by atoms with E-state index in [2.05, 4.69) is 10.3 Å². The number of fused-ring (bicyclic) bond motifs is 1. The molecule has 0 spiro atoms. The molecule has 8 nitrogen and oxygen atoms in total. The predicted octanol–water partition coefficient (Wildman–Crippen LogP) is 4.49. The number of amides is 1. The molecule has 0 aliphatic heterocycles. The van der Waals surface area contributed by atoms with E-state index in [1.807, 2.05) is 0 Å². The summed E-state index contributed by atoms with van der Waals surface area (Å²) < 4.78 is 44.1. The maximum absolute atomic E-state index is 13.9. The van der Waals surface area contributed by atoms with Gasteiger partial charge in [0, 0.05) is 31.0 Å². The van der Waals surface area contributed by atoms with Crippen LogP contribution in [-0.2, 0) is 20.7 Å². The Morgan fingerprint density at radius 2 is 1.77 bits per heavy atom. The van der Waals surface area contributed by atoms with Crippen LogP contribution in [0.3, 0.4) is 0 Å². The molecule has 5 rings (SSSR count). The van der Waals surface area contributed by atoms with E-state index in [4.69, 9.17) is 14.2 Å². The number of nitrogens with zero attached hydrogens (tertiary/aromatic N) is 1. The van der Waals surface area contributed by atoms with E-state index in [1.54, 1.807) is 18.2 Å². The minimum absolute atomic E-state index is 0.127.